The molecule has 0 spiro atoms. The van der Waals surface area contributed by atoms with Gasteiger partial charge < -0.3 is 10.4 Å². The summed E-state index contributed by atoms with van der Waals surface area (Å²) in [6, 6.07) is 8.56. The van der Waals surface area contributed by atoms with Gasteiger partial charge in [-0.25, -0.2) is 18.4 Å². The van der Waals surface area contributed by atoms with Crippen LogP contribution >= 0.6 is 0 Å². The Kier molecular flexibility index (Phi) is 5.60. The average molecular weight is 435 g/mol. The van der Waals surface area contributed by atoms with E-state index in [2.05, 4.69) is 15.3 Å². The van der Waals surface area contributed by atoms with Crippen molar-refractivity contribution >= 4 is 44.3 Å². The number of hydrogen-bond donors (Lipinski definition) is 4. The first-order valence-electron chi connectivity index (χ1n) is 8.86. The van der Waals surface area contributed by atoms with Crippen molar-refractivity contribution in [1.82, 2.24) is 14.7 Å². The van der Waals surface area contributed by atoms with Gasteiger partial charge in [0.2, 0.25) is 5.95 Å². The second-order valence-corrected chi connectivity index (χ2v) is 7.51. The molecule has 0 radical (unpaired) electrons. The standard InChI is InChI=1S/C16H12FN5O5S.C2H6/c17-10-5-8(6-12(23)14(10)22-7-13(24)21-28(22,26)27)18-16-19-11-4-2-1-3-9(11)15(25)20-16;1-2/h1-6,23H,7H2,(H,21,24)(H2,18,19,20,25);1-2H3. The molecule has 1 fully saturated rings. The summed E-state index contributed by atoms with van der Waals surface area (Å²) in [7, 11) is -4.28. The Hall–Kier alpha value is -3.67. The predicted molar refractivity (Wildman–Crippen MR) is 109 cm³/mol. The van der Waals surface area contributed by atoms with E-state index < -0.39 is 45.5 Å². The molecule has 4 N–H and O–H groups in total. The number of fused-ring (bicyclic) bond motifs is 1. The molecule has 1 saturated heterocycles. The van der Waals surface area contributed by atoms with Gasteiger partial charge in [-0.05, 0) is 18.2 Å². The number of rotatable bonds is 3. The zero-order valence-corrected chi connectivity index (χ0v) is 16.7. The summed E-state index contributed by atoms with van der Waals surface area (Å²) in [4.78, 5) is 30.1. The quantitative estimate of drug-likeness (QED) is 0.490. The van der Waals surface area contributed by atoms with Gasteiger partial charge in [-0.3, -0.25) is 14.6 Å². The van der Waals surface area contributed by atoms with Crippen LogP contribution in [-0.2, 0) is 15.0 Å². The van der Waals surface area contributed by atoms with E-state index in [0.29, 0.717) is 15.2 Å². The number of nitrogens with zero attached hydrogens (tertiary/aromatic N) is 2. The first kappa shape index (κ1) is 21.0. The molecular weight excluding hydrogens is 417 g/mol. The molecule has 158 valence electrons. The summed E-state index contributed by atoms with van der Waals surface area (Å²) in [5.41, 5.74) is -0.665. The number of anilines is 3. The molecule has 1 aromatic heterocycles. The maximum absolute atomic E-state index is 14.5. The molecule has 3 aromatic rings. The van der Waals surface area contributed by atoms with Crippen molar-refractivity contribution in [3.63, 3.8) is 0 Å². The Morgan fingerprint density at radius 3 is 2.53 bits per heavy atom. The molecule has 10 nitrogen and oxygen atoms in total. The van der Waals surface area contributed by atoms with Crippen LogP contribution < -0.4 is 19.9 Å². The van der Waals surface area contributed by atoms with Gasteiger partial charge in [0.1, 0.15) is 18.0 Å². The van der Waals surface area contributed by atoms with E-state index in [1.54, 1.807) is 29.0 Å². The molecule has 2 heterocycles. The molecular formula is C18H18FN5O5S. The Morgan fingerprint density at radius 2 is 1.90 bits per heavy atom. The number of halogens is 1. The van der Waals surface area contributed by atoms with Crippen molar-refractivity contribution in [3.8, 4) is 5.75 Å². The van der Waals surface area contributed by atoms with E-state index in [1.165, 1.54) is 0 Å². The number of amides is 1. The van der Waals surface area contributed by atoms with Crippen LogP contribution in [0, 0.1) is 5.82 Å². The van der Waals surface area contributed by atoms with Crippen LogP contribution in [0.3, 0.4) is 0 Å². The van der Waals surface area contributed by atoms with Crippen molar-refractivity contribution < 1.29 is 22.7 Å². The minimum atomic E-state index is -4.28. The fourth-order valence-electron chi connectivity index (χ4n) is 2.83. The number of aromatic hydroxyl groups is 1. The maximum Gasteiger partial charge on any atom is 0.326 e. The molecule has 12 heteroatoms. The van der Waals surface area contributed by atoms with Crippen LogP contribution in [0.5, 0.6) is 5.75 Å². The van der Waals surface area contributed by atoms with Crippen LogP contribution in [0.25, 0.3) is 10.9 Å². The molecule has 0 aliphatic carbocycles. The highest BCUT2D eigenvalue weighted by Gasteiger charge is 2.37. The molecule has 2 aromatic carbocycles. The maximum atomic E-state index is 14.5. The second-order valence-electron chi connectivity index (χ2n) is 5.92. The van der Waals surface area contributed by atoms with Crippen molar-refractivity contribution in [2.45, 2.75) is 13.8 Å². The summed E-state index contributed by atoms with van der Waals surface area (Å²) in [5.74, 6) is -2.66. The third kappa shape index (κ3) is 3.89. The van der Waals surface area contributed by atoms with E-state index in [0.717, 1.165) is 12.1 Å². The molecule has 0 atom stereocenters. The largest absolute Gasteiger partial charge is 0.506 e. The van der Waals surface area contributed by atoms with Gasteiger partial charge in [0, 0.05) is 11.8 Å². The predicted octanol–water partition coefficient (Wildman–Crippen LogP) is 1.72. The molecule has 0 unspecified atom stereocenters. The third-order valence-electron chi connectivity index (χ3n) is 3.99. The van der Waals surface area contributed by atoms with Gasteiger partial charge in [-0.15, -0.1) is 0 Å². The topological polar surface area (TPSA) is 144 Å². The number of nitrogens with one attached hydrogen (secondary N) is 3. The second kappa shape index (κ2) is 7.99. The summed E-state index contributed by atoms with van der Waals surface area (Å²) < 4.78 is 40.4. The number of para-hydroxylation sites is 1. The van der Waals surface area contributed by atoms with Gasteiger partial charge >= 0.3 is 10.2 Å². The van der Waals surface area contributed by atoms with Crippen LogP contribution in [-0.4, -0.2) is 35.9 Å². The van der Waals surface area contributed by atoms with E-state index in [1.807, 2.05) is 13.8 Å². The Balaban J connectivity index is 0.00000124. The van der Waals surface area contributed by atoms with Crippen LogP contribution in [0.15, 0.2) is 41.2 Å². The SMILES string of the molecule is CC.O=C1CN(c2c(O)cc(Nc3nc4ccccc4c(=O)[nH]3)cc2F)S(=O)(=O)N1. The van der Waals surface area contributed by atoms with Crippen LogP contribution in [0.1, 0.15) is 13.8 Å². The zero-order chi connectivity index (χ0) is 22.1. The average Bonchev–Trinajstić information content (AvgIpc) is 2.95. The lowest BCUT2D eigenvalue weighted by atomic mass is 10.2. The minimum absolute atomic E-state index is 0.000823. The lowest BCUT2D eigenvalue weighted by Gasteiger charge is -2.18. The lowest BCUT2D eigenvalue weighted by molar-refractivity contribution is -0.117. The molecule has 1 amide bonds. The van der Waals surface area contributed by atoms with Gasteiger partial charge in [0.25, 0.3) is 11.5 Å². The summed E-state index contributed by atoms with van der Waals surface area (Å²) in [6.07, 6.45) is 0. The number of benzene rings is 2. The first-order chi connectivity index (χ1) is 14.2. The number of phenols is 1. The number of hydrogen-bond acceptors (Lipinski definition) is 7. The van der Waals surface area contributed by atoms with Crippen molar-refractivity contribution in [3.05, 3.63) is 52.6 Å². The fraction of sp³-hybridized carbons (Fsp3) is 0.167. The van der Waals surface area contributed by atoms with Gasteiger partial charge in [-0.1, -0.05) is 26.0 Å². The molecule has 30 heavy (non-hydrogen) atoms. The van der Waals surface area contributed by atoms with Crippen molar-refractivity contribution in [2.24, 2.45) is 0 Å². The Bertz CT molecular complexity index is 1270. The van der Waals surface area contributed by atoms with Gasteiger partial charge in [-0.2, -0.15) is 8.42 Å². The zero-order valence-electron chi connectivity index (χ0n) is 15.9. The Labute approximate surface area is 170 Å². The molecule has 1 aliphatic rings. The summed E-state index contributed by atoms with van der Waals surface area (Å²) in [6.45, 7) is 3.35. The fourth-order valence-corrected chi connectivity index (χ4v) is 4.00. The van der Waals surface area contributed by atoms with Crippen LogP contribution in [0.2, 0.25) is 0 Å². The molecule has 0 bridgehead atoms. The lowest BCUT2D eigenvalue weighted by Crippen LogP contribution is -2.30. The van der Waals surface area contributed by atoms with E-state index in [9.17, 15) is 27.5 Å². The van der Waals surface area contributed by atoms with E-state index >= 15 is 0 Å². The van der Waals surface area contributed by atoms with E-state index in [4.69, 9.17) is 0 Å². The first-order valence-corrected chi connectivity index (χ1v) is 10.3. The van der Waals surface area contributed by atoms with Crippen molar-refractivity contribution in [2.75, 3.05) is 16.2 Å². The highest BCUT2D eigenvalue weighted by molar-refractivity contribution is 7.92. The number of carbonyl (C=O) groups is 1. The normalized spacial score (nSPS) is 14.8. The third-order valence-corrected chi connectivity index (χ3v) is 5.37. The molecule has 0 saturated carbocycles. The monoisotopic (exact) mass is 435 g/mol. The van der Waals surface area contributed by atoms with Crippen LogP contribution in [0.4, 0.5) is 21.7 Å². The number of carbonyl (C=O) groups excluding carboxylic acids is 1. The van der Waals surface area contributed by atoms with Gasteiger partial charge in [0.05, 0.1) is 10.9 Å². The summed E-state index contributed by atoms with van der Waals surface area (Å²) in [5, 5.41) is 13.2. The number of aromatic amines is 1. The highest BCUT2D eigenvalue weighted by atomic mass is 32.2. The highest BCUT2D eigenvalue weighted by Crippen LogP contribution is 2.36. The number of H-pyrrole nitrogens is 1. The molecule has 1 aliphatic heterocycles. The smallest absolute Gasteiger partial charge is 0.326 e. The van der Waals surface area contributed by atoms with Crippen molar-refractivity contribution in [1.29, 1.82) is 0 Å². The van der Waals surface area contributed by atoms with E-state index in [-0.39, 0.29) is 11.6 Å². The Morgan fingerprint density at radius 1 is 1.20 bits per heavy atom. The number of phenolic OH excluding ortho intramolecular Hbond substituents is 1. The number of aromatic nitrogens is 2. The molecule has 4 rings (SSSR count). The minimum Gasteiger partial charge on any atom is -0.506 e. The van der Waals surface area contributed by atoms with Gasteiger partial charge in [0.15, 0.2) is 5.82 Å². The summed E-state index contributed by atoms with van der Waals surface area (Å²) >= 11 is 0.